The molecule has 0 aliphatic carbocycles. The third-order valence-electron chi connectivity index (χ3n) is 3.52. The van der Waals surface area contributed by atoms with Crippen molar-refractivity contribution < 1.29 is 9.59 Å². The van der Waals surface area contributed by atoms with Crippen LogP contribution in [0.2, 0.25) is 0 Å². The summed E-state index contributed by atoms with van der Waals surface area (Å²) in [5.74, 6) is -0.152. The lowest BCUT2D eigenvalue weighted by molar-refractivity contribution is -0.114. The van der Waals surface area contributed by atoms with Gasteiger partial charge in [0.05, 0.1) is 0 Å². The number of pyridine rings is 1. The molecule has 0 aliphatic heterocycles. The van der Waals surface area contributed by atoms with Gasteiger partial charge in [0, 0.05) is 43.4 Å². The number of carbonyl (C=O) groups is 2. The Balaban J connectivity index is 1.62. The van der Waals surface area contributed by atoms with E-state index in [9.17, 15) is 9.59 Å². The van der Waals surface area contributed by atoms with Gasteiger partial charge in [-0.15, -0.1) is 0 Å². The number of benzene rings is 1. The molecule has 0 spiro atoms. The summed E-state index contributed by atoms with van der Waals surface area (Å²) in [6.45, 7) is 1.94. The number of nitrogens with one attached hydrogen (secondary N) is 3. The standard InChI is InChI=1S/C19H18N6O2/c1-13(26)23-15-4-6-16(7-5-15)24-18(27)17-8-10-21-19(25-17)22-12-14-3-2-9-20-11-14/h2-11H,12H2,1H3,(H,23,26)(H,24,27)(H,21,22,25). The predicted molar refractivity (Wildman–Crippen MR) is 102 cm³/mol. The van der Waals surface area contributed by atoms with E-state index in [-0.39, 0.29) is 17.5 Å². The van der Waals surface area contributed by atoms with Gasteiger partial charge in [-0.25, -0.2) is 9.97 Å². The highest BCUT2D eigenvalue weighted by Crippen LogP contribution is 2.14. The van der Waals surface area contributed by atoms with Crippen LogP contribution in [0.3, 0.4) is 0 Å². The molecule has 0 bridgehead atoms. The number of carbonyl (C=O) groups excluding carboxylic acids is 2. The number of amides is 2. The summed E-state index contributed by atoms with van der Waals surface area (Å²) < 4.78 is 0. The summed E-state index contributed by atoms with van der Waals surface area (Å²) in [6, 6.07) is 12.1. The van der Waals surface area contributed by atoms with Crippen molar-refractivity contribution in [2.24, 2.45) is 0 Å². The summed E-state index contributed by atoms with van der Waals surface area (Å²) in [6.07, 6.45) is 4.97. The molecule has 0 aliphatic rings. The average Bonchev–Trinajstić information content (AvgIpc) is 2.68. The monoisotopic (exact) mass is 362 g/mol. The number of nitrogens with zero attached hydrogens (tertiary/aromatic N) is 3. The van der Waals surface area contributed by atoms with Gasteiger partial charge in [-0.1, -0.05) is 6.07 Å². The summed E-state index contributed by atoms with van der Waals surface area (Å²) in [7, 11) is 0. The van der Waals surface area contributed by atoms with Crippen LogP contribution in [-0.2, 0) is 11.3 Å². The third kappa shape index (κ3) is 5.33. The molecule has 2 heterocycles. The zero-order valence-electron chi connectivity index (χ0n) is 14.6. The molecule has 3 aromatic rings. The molecule has 1 aromatic carbocycles. The van der Waals surface area contributed by atoms with E-state index >= 15 is 0 Å². The first kappa shape index (κ1) is 18.0. The van der Waals surface area contributed by atoms with Gasteiger partial charge >= 0.3 is 0 Å². The minimum absolute atomic E-state index is 0.154. The zero-order valence-corrected chi connectivity index (χ0v) is 14.6. The smallest absolute Gasteiger partial charge is 0.274 e. The normalized spacial score (nSPS) is 10.1. The van der Waals surface area contributed by atoms with Crippen molar-refractivity contribution in [3.05, 3.63) is 72.3 Å². The quantitative estimate of drug-likeness (QED) is 0.622. The van der Waals surface area contributed by atoms with E-state index in [4.69, 9.17) is 0 Å². The molecule has 8 nitrogen and oxygen atoms in total. The van der Waals surface area contributed by atoms with Gasteiger partial charge in [0.15, 0.2) is 0 Å². The number of anilines is 3. The molecular weight excluding hydrogens is 344 g/mol. The van der Waals surface area contributed by atoms with Crippen molar-refractivity contribution in [2.45, 2.75) is 13.5 Å². The third-order valence-corrected chi connectivity index (χ3v) is 3.52. The van der Waals surface area contributed by atoms with E-state index in [0.29, 0.717) is 23.9 Å². The summed E-state index contributed by atoms with van der Waals surface area (Å²) >= 11 is 0. The molecule has 3 rings (SSSR count). The summed E-state index contributed by atoms with van der Waals surface area (Å²) in [4.78, 5) is 35.8. The molecule has 2 amide bonds. The second-order valence-corrected chi connectivity index (χ2v) is 5.69. The molecular formula is C19H18N6O2. The molecule has 2 aromatic heterocycles. The Morgan fingerprint density at radius 2 is 1.70 bits per heavy atom. The highest BCUT2D eigenvalue weighted by atomic mass is 16.2. The average molecular weight is 362 g/mol. The van der Waals surface area contributed by atoms with E-state index in [2.05, 4.69) is 30.9 Å². The Labute approximate surface area is 156 Å². The summed E-state index contributed by atoms with van der Waals surface area (Å²) in [5, 5.41) is 8.49. The zero-order chi connectivity index (χ0) is 19.1. The molecule has 27 heavy (non-hydrogen) atoms. The van der Waals surface area contributed by atoms with Crippen LogP contribution >= 0.6 is 0 Å². The minimum Gasteiger partial charge on any atom is -0.350 e. The van der Waals surface area contributed by atoms with Crippen LogP contribution in [0.5, 0.6) is 0 Å². The Hall–Kier alpha value is -3.81. The largest absolute Gasteiger partial charge is 0.350 e. The van der Waals surface area contributed by atoms with Crippen LogP contribution in [0.4, 0.5) is 17.3 Å². The molecule has 0 atom stereocenters. The van der Waals surface area contributed by atoms with Crippen LogP contribution in [0.1, 0.15) is 23.0 Å². The Kier molecular flexibility index (Phi) is 5.68. The van der Waals surface area contributed by atoms with Crippen LogP contribution in [-0.4, -0.2) is 26.8 Å². The molecule has 0 saturated carbocycles. The van der Waals surface area contributed by atoms with E-state index in [0.717, 1.165) is 5.56 Å². The lowest BCUT2D eigenvalue weighted by Crippen LogP contribution is -2.15. The molecule has 3 N–H and O–H groups in total. The van der Waals surface area contributed by atoms with Gasteiger partial charge in [0.25, 0.3) is 5.91 Å². The van der Waals surface area contributed by atoms with Crippen LogP contribution < -0.4 is 16.0 Å². The minimum atomic E-state index is -0.353. The number of rotatable bonds is 6. The molecule has 0 radical (unpaired) electrons. The van der Waals surface area contributed by atoms with Gasteiger partial charge < -0.3 is 16.0 Å². The number of hydrogen-bond donors (Lipinski definition) is 3. The van der Waals surface area contributed by atoms with Gasteiger partial charge in [0.2, 0.25) is 11.9 Å². The molecule has 0 unspecified atom stereocenters. The van der Waals surface area contributed by atoms with Gasteiger partial charge in [0.1, 0.15) is 5.69 Å². The fourth-order valence-electron chi connectivity index (χ4n) is 2.29. The van der Waals surface area contributed by atoms with Crippen LogP contribution in [0.15, 0.2) is 61.1 Å². The highest BCUT2D eigenvalue weighted by molar-refractivity contribution is 6.03. The SMILES string of the molecule is CC(=O)Nc1ccc(NC(=O)c2ccnc(NCc3cccnc3)n2)cc1. The lowest BCUT2D eigenvalue weighted by atomic mass is 10.2. The van der Waals surface area contributed by atoms with Crippen molar-refractivity contribution in [1.29, 1.82) is 0 Å². The first-order valence-electron chi connectivity index (χ1n) is 8.25. The fraction of sp³-hybridized carbons (Fsp3) is 0.105. The van der Waals surface area contributed by atoms with E-state index in [1.807, 2.05) is 12.1 Å². The number of hydrogen-bond acceptors (Lipinski definition) is 6. The maximum atomic E-state index is 12.4. The van der Waals surface area contributed by atoms with Crippen molar-refractivity contribution in [2.75, 3.05) is 16.0 Å². The Morgan fingerprint density at radius 1 is 0.963 bits per heavy atom. The van der Waals surface area contributed by atoms with Crippen molar-refractivity contribution >= 4 is 29.1 Å². The first-order valence-corrected chi connectivity index (χ1v) is 8.25. The predicted octanol–water partition coefficient (Wildman–Crippen LogP) is 2.69. The Bertz CT molecular complexity index is 928. The molecule has 0 fully saturated rings. The molecule has 8 heteroatoms. The topological polar surface area (TPSA) is 109 Å². The molecule has 136 valence electrons. The maximum absolute atomic E-state index is 12.4. The van der Waals surface area contributed by atoms with Crippen molar-refractivity contribution in [3.8, 4) is 0 Å². The highest BCUT2D eigenvalue weighted by Gasteiger charge is 2.09. The van der Waals surface area contributed by atoms with E-state index < -0.39 is 0 Å². The number of aromatic nitrogens is 3. The van der Waals surface area contributed by atoms with Gasteiger partial charge in [-0.05, 0) is 42.0 Å². The van der Waals surface area contributed by atoms with E-state index in [1.54, 1.807) is 36.7 Å². The fourth-order valence-corrected chi connectivity index (χ4v) is 2.29. The lowest BCUT2D eigenvalue weighted by Gasteiger charge is -2.08. The Morgan fingerprint density at radius 3 is 2.37 bits per heavy atom. The molecule has 0 saturated heterocycles. The maximum Gasteiger partial charge on any atom is 0.274 e. The summed E-state index contributed by atoms with van der Waals surface area (Å²) in [5.41, 5.74) is 2.47. The second-order valence-electron chi connectivity index (χ2n) is 5.69. The van der Waals surface area contributed by atoms with Gasteiger partial charge in [-0.2, -0.15) is 0 Å². The van der Waals surface area contributed by atoms with Crippen molar-refractivity contribution in [1.82, 2.24) is 15.0 Å². The van der Waals surface area contributed by atoms with Crippen LogP contribution in [0, 0.1) is 0 Å². The second kappa shape index (κ2) is 8.52. The first-order chi connectivity index (χ1) is 13.1. The van der Waals surface area contributed by atoms with Gasteiger partial charge in [-0.3, -0.25) is 14.6 Å². The van der Waals surface area contributed by atoms with E-state index in [1.165, 1.54) is 19.2 Å². The van der Waals surface area contributed by atoms with Crippen molar-refractivity contribution in [3.63, 3.8) is 0 Å². The van der Waals surface area contributed by atoms with Crippen LogP contribution in [0.25, 0.3) is 0 Å².